The van der Waals surface area contributed by atoms with Crippen LogP contribution in [-0.4, -0.2) is 22.5 Å². The molecule has 0 aliphatic carbocycles. The zero-order chi connectivity index (χ0) is 12.2. The lowest BCUT2D eigenvalue weighted by Gasteiger charge is -2.21. The Labute approximate surface area is 104 Å². The van der Waals surface area contributed by atoms with Gasteiger partial charge in [0.25, 0.3) is 0 Å². The number of hydrogen-bond donors (Lipinski definition) is 0. The second-order valence-corrected chi connectivity index (χ2v) is 7.00. The maximum absolute atomic E-state index is 5.74. The van der Waals surface area contributed by atoms with Gasteiger partial charge in [-0.15, -0.1) is 0 Å². The quantitative estimate of drug-likeness (QED) is 0.405. The molecule has 0 spiro atoms. The second-order valence-electron chi connectivity index (χ2n) is 4.46. The summed E-state index contributed by atoms with van der Waals surface area (Å²) in [5.41, 5.74) is 0.654. The summed E-state index contributed by atoms with van der Waals surface area (Å²) in [6.45, 7) is 10.3. The molecule has 16 heavy (non-hydrogen) atoms. The molecule has 0 saturated carbocycles. The van der Waals surface area contributed by atoms with Gasteiger partial charge in [0.15, 0.2) is 0 Å². The minimum Gasteiger partial charge on any atom is -0.397 e. The van der Waals surface area contributed by atoms with E-state index in [-0.39, 0.29) is 0 Å². The molecule has 1 atom stereocenters. The van der Waals surface area contributed by atoms with Crippen molar-refractivity contribution in [3.63, 3.8) is 0 Å². The van der Waals surface area contributed by atoms with Crippen LogP contribution in [0.5, 0.6) is 0 Å². The average Bonchev–Trinajstić information content (AvgIpc) is 2.28. The second kappa shape index (κ2) is 11.6. The van der Waals surface area contributed by atoms with Crippen LogP contribution in [-0.2, 0) is 8.85 Å². The standard InChI is InChI=1S/C13H30O2Si/c1-5-8-9-10-11-12-13(4)16(14-6-2)15-7-3/h13,16H,5-12H2,1-4H3. The van der Waals surface area contributed by atoms with Gasteiger partial charge in [-0.05, 0) is 25.8 Å². The molecule has 0 aromatic heterocycles. The van der Waals surface area contributed by atoms with E-state index in [9.17, 15) is 0 Å². The van der Waals surface area contributed by atoms with E-state index >= 15 is 0 Å². The monoisotopic (exact) mass is 246 g/mol. The first-order valence-electron chi connectivity index (χ1n) is 6.99. The van der Waals surface area contributed by atoms with Gasteiger partial charge < -0.3 is 8.85 Å². The summed E-state index contributed by atoms with van der Waals surface area (Å²) in [6, 6.07) is 0. The first-order chi connectivity index (χ1) is 7.76. The summed E-state index contributed by atoms with van der Waals surface area (Å²) in [7, 11) is -1.39. The highest BCUT2D eigenvalue weighted by molar-refractivity contribution is 6.46. The van der Waals surface area contributed by atoms with Gasteiger partial charge in [0.1, 0.15) is 0 Å². The maximum Gasteiger partial charge on any atom is 0.324 e. The lowest BCUT2D eigenvalue weighted by molar-refractivity contribution is 0.203. The van der Waals surface area contributed by atoms with Gasteiger partial charge in [-0.25, -0.2) is 0 Å². The molecule has 2 nitrogen and oxygen atoms in total. The van der Waals surface area contributed by atoms with Gasteiger partial charge >= 0.3 is 9.28 Å². The molecule has 0 aliphatic rings. The summed E-state index contributed by atoms with van der Waals surface area (Å²) < 4.78 is 11.5. The van der Waals surface area contributed by atoms with E-state index in [4.69, 9.17) is 8.85 Å². The summed E-state index contributed by atoms with van der Waals surface area (Å²) in [5, 5.41) is 0. The Morgan fingerprint density at radius 1 is 0.875 bits per heavy atom. The van der Waals surface area contributed by atoms with Crippen LogP contribution in [0.2, 0.25) is 5.54 Å². The number of rotatable bonds is 11. The smallest absolute Gasteiger partial charge is 0.324 e. The SMILES string of the molecule is CCCCCCCC(C)[SiH](OCC)OCC. The minimum absolute atomic E-state index is 0.654. The summed E-state index contributed by atoms with van der Waals surface area (Å²) in [6.07, 6.45) is 8.08. The van der Waals surface area contributed by atoms with E-state index in [2.05, 4.69) is 27.7 Å². The van der Waals surface area contributed by atoms with Gasteiger partial charge in [0, 0.05) is 13.2 Å². The lowest BCUT2D eigenvalue weighted by Crippen LogP contribution is -2.27. The van der Waals surface area contributed by atoms with E-state index in [1.807, 2.05) is 0 Å². The molecule has 0 bridgehead atoms. The fraction of sp³-hybridized carbons (Fsp3) is 1.00. The molecule has 0 aromatic rings. The zero-order valence-electron chi connectivity index (χ0n) is 11.6. The third kappa shape index (κ3) is 8.31. The van der Waals surface area contributed by atoms with Crippen molar-refractivity contribution in [2.75, 3.05) is 13.2 Å². The topological polar surface area (TPSA) is 18.5 Å². The van der Waals surface area contributed by atoms with Crippen LogP contribution in [0.15, 0.2) is 0 Å². The summed E-state index contributed by atoms with van der Waals surface area (Å²) in [4.78, 5) is 0. The fourth-order valence-corrected chi connectivity index (χ4v) is 3.83. The van der Waals surface area contributed by atoms with E-state index < -0.39 is 9.28 Å². The van der Waals surface area contributed by atoms with Crippen LogP contribution in [0.1, 0.15) is 66.2 Å². The molecule has 1 unspecified atom stereocenters. The van der Waals surface area contributed by atoms with Gasteiger partial charge in [0.05, 0.1) is 0 Å². The molecule has 0 heterocycles. The van der Waals surface area contributed by atoms with Crippen LogP contribution in [0.4, 0.5) is 0 Å². The molecule has 0 aromatic carbocycles. The molecular formula is C13H30O2Si. The summed E-state index contributed by atoms with van der Waals surface area (Å²) >= 11 is 0. The van der Waals surface area contributed by atoms with Gasteiger partial charge in [-0.2, -0.15) is 0 Å². The van der Waals surface area contributed by atoms with Crippen LogP contribution in [0, 0.1) is 0 Å². The van der Waals surface area contributed by atoms with Crippen LogP contribution in [0.25, 0.3) is 0 Å². The Balaban J connectivity index is 3.60. The average molecular weight is 246 g/mol. The Morgan fingerprint density at radius 2 is 1.44 bits per heavy atom. The third-order valence-corrected chi connectivity index (χ3v) is 5.48. The predicted molar refractivity (Wildman–Crippen MR) is 73.2 cm³/mol. The first kappa shape index (κ1) is 16.1. The molecule has 0 aliphatic heterocycles. The van der Waals surface area contributed by atoms with Crippen molar-refractivity contribution in [2.45, 2.75) is 71.8 Å². The molecule has 0 rings (SSSR count). The Bertz CT molecular complexity index is 136. The maximum atomic E-state index is 5.74. The van der Waals surface area contributed by atoms with Crippen molar-refractivity contribution >= 4 is 9.28 Å². The Kier molecular flexibility index (Phi) is 11.7. The third-order valence-electron chi connectivity index (χ3n) is 2.89. The van der Waals surface area contributed by atoms with Crippen molar-refractivity contribution in [1.29, 1.82) is 0 Å². The van der Waals surface area contributed by atoms with Crippen molar-refractivity contribution in [3.8, 4) is 0 Å². The van der Waals surface area contributed by atoms with Crippen molar-refractivity contribution in [2.24, 2.45) is 0 Å². The Hall–Kier alpha value is 0.137. The minimum atomic E-state index is -1.39. The molecule has 0 saturated heterocycles. The molecule has 0 N–H and O–H groups in total. The predicted octanol–water partition coefficient (Wildman–Crippen LogP) is 4.03. The highest BCUT2D eigenvalue weighted by atomic mass is 28.3. The van der Waals surface area contributed by atoms with Crippen molar-refractivity contribution < 1.29 is 8.85 Å². The van der Waals surface area contributed by atoms with E-state index in [1.165, 1.54) is 38.5 Å². The highest BCUT2D eigenvalue weighted by Gasteiger charge is 2.20. The van der Waals surface area contributed by atoms with Crippen molar-refractivity contribution in [1.82, 2.24) is 0 Å². The number of hydrogen-bond acceptors (Lipinski definition) is 2. The van der Waals surface area contributed by atoms with Gasteiger partial charge in [-0.3, -0.25) is 0 Å². The Morgan fingerprint density at radius 3 is 1.94 bits per heavy atom. The molecular weight excluding hydrogens is 216 g/mol. The molecule has 0 fully saturated rings. The molecule has 98 valence electrons. The fourth-order valence-electron chi connectivity index (χ4n) is 1.91. The first-order valence-corrected chi connectivity index (χ1v) is 8.60. The normalized spacial score (nSPS) is 13.3. The van der Waals surface area contributed by atoms with Crippen LogP contribution < -0.4 is 0 Å². The largest absolute Gasteiger partial charge is 0.397 e. The zero-order valence-corrected chi connectivity index (χ0v) is 12.8. The van der Waals surface area contributed by atoms with E-state index in [1.54, 1.807) is 0 Å². The molecule has 0 radical (unpaired) electrons. The van der Waals surface area contributed by atoms with Crippen LogP contribution >= 0.6 is 0 Å². The van der Waals surface area contributed by atoms with Gasteiger partial charge in [-0.1, -0.05) is 46.0 Å². The highest BCUT2D eigenvalue weighted by Crippen LogP contribution is 2.20. The van der Waals surface area contributed by atoms with Crippen molar-refractivity contribution in [3.05, 3.63) is 0 Å². The molecule has 0 amide bonds. The number of unbranched alkanes of at least 4 members (excludes halogenated alkanes) is 4. The summed E-state index contributed by atoms with van der Waals surface area (Å²) in [5.74, 6) is 0. The van der Waals surface area contributed by atoms with E-state index in [0.29, 0.717) is 5.54 Å². The van der Waals surface area contributed by atoms with Crippen LogP contribution in [0.3, 0.4) is 0 Å². The van der Waals surface area contributed by atoms with Gasteiger partial charge in [0.2, 0.25) is 0 Å². The molecule has 3 heteroatoms. The lowest BCUT2D eigenvalue weighted by atomic mass is 10.1. The van der Waals surface area contributed by atoms with E-state index in [0.717, 1.165) is 13.2 Å².